The lowest BCUT2D eigenvalue weighted by Crippen LogP contribution is -2.25. The van der Waals surface area contributed by atoms with Crippen LogP contribution in [0.3, 0.4) is 0 Å². The van der Waals surface area contributed by atoms with E-state index in [0.29, 0.717) is 6.16 Å². The second-order valence-electron chi connectivity index (χ2n) is 6.77. The first-order chi connectivity index (χ1) is 13.2. The quantitative estimate of drug-likeness (QED) is 0.510. The molecule has 4 aromatic carbocycles. The van der Waals surface area contributed by atoms with Gasteiger partial charge in [0.15, 0.2) is 0 Å². The van der Waals surface area contributed by atoms with Crippen molar-refractivity contribution in [1.29, 1.82) is 0 Å². The molecule has 0 radical (unpaired) electrons. The number of fused-ring (bicyclic) bond motifs is 1. The third-order valence-corrected chi connectivity index (χ3v) is 8.20. The molecule has 0 heterocycles. The monoisotopic (exact) mass is 371 g/mol. The third kappa shape index (κ3) is 3.47. The Morgan fingerprint density at radius 1 is 0.667 bits per heavy atom. The lowest BCUT2D eigenvalue weighted by Gasteiger charge is -2.24. The van der Waals surface area contributed by atoms with Crippen molar-refractivity contribution in [3.05, 3.63) is 109 Å². The van der Waals surface area contributed by atoms with E-state index in [1.54, 1.807) is 0 Å². The summed E-state index contributed by atoms with van der Waals surface area (Å²) < 4.78 is 14.3. The van der Waals surface area contributed by atoms with Crippen LogP contribution in [0.2, 0.25) is 0 Å². The summed E-state index contributed by atoms with van der Waals surface area (Å²) in [7, 11) is -2.85. The highest BCUT2D eigenvalue weighted by atomic mass is 31.2. The molecular formula is C24H22NOP. The number of rotatable bonds is 5. The molecule has 0 bridgehead atoms. The SMILES string of the molecule is NC(CP(=O)(c1ccccc1)c1ccccc1)c1cccc2ccccc12. The molecule has 2 N–H and O–H groups in total. The Hall–Kier alpha value is -2.67. The largest absolute Gasteiger partial charge is 0.324 e. The summed E-state index contributed by atoms with van der Waals surface area (Å²) in [4.78, 5) is 0. The van der Waals surface area contributed by atoms with Gasteiger partial charge in [-0.1, -0.05) is 103 Å². The van der Waals surface area contributed by atoms with Crippen molar-refractivity contribution in [1.82, 2.24) is 0 Å². The number of hydrogen-bond donors (Lipinski definition) is 1. The molecule has 0 fully saturated rings. The molecule has 134 valence electrons. The van der Waals surface area contributed by atoms with Gasteiger partial charge in [0.1, 0.15) is 7.14 Å². The molecule has 0 aliphatic rings. The fourth-order valence-corrected chi connectivity index (χ4v) is 6.42. The van der Waals surface area contributed by atoms with Crippen LogP contribution in [0.1, 0.15) is 11.6 Å². The lowest BCUT2D eigenvalue weighted by molar-refractivity contribution is 0.583. The zero-order valence-corrected chi connectivity index (χ0v) is 15.9. The molecule has 1 unspecified atom stereocenters. The van der Waals surface area contributed by atoms with Crippen molar-refractivity contribution in [3.8, 4) is 0 Å². The van der Waals surface area contributed by atoms with E-state index < -0.39 is 7.14 Å². The average Bonchev–Trinajstić information content (AvgIpc) is 2.74. The smallest absolute Gasteiger partial charge is 0.145 e. The second kappa shape index (κ2) is 7.52. The molecule has 0 aliphatic carbocycles. The highest BCUT2D eigenvalue weighted by Crippen LogP contribution is 2.46. The molecule has 0 saturated heterocycles. The van der Waals surface area contributed by atoms with Crippen molar-refractivity contribution in [2.45, 2.75) is 6.04 Å². The van der Waals surface area contributed by atoms with Gasteiger partial charge >= 0.3 is 0 Å². The van der Waals surface area contributed by atoms with E-state index in [4.69, 9.17) is 5.73 Å². The second-order valence-corrected chi connectivity index (χ2v) is 9.65. The lowest BCUT2D eigenvalue weighted by atomic mass is 10.0. The van der Waals surface area contributed by atoms with Crippen molar-refractivity contribution < 1.29 is 4.57 Å². The maximum absolute atomic E-state index is 14.3. The molecule has 4 rings (SSSR count). The maximum atomic E-state index is 14.3. The molecular weight excluding hydrogens is 349 g/mol. The van der Waals surface area contributed by atoms with E-state index in [-0.39, 0.29) is 6.04 Å². The van der Waals surface area contributed by atoms with Crippen LogP contribution in [0.4, 0.5) is 0 Å². The summed E-state index contributed by atoms with van der Waals surface area (Å²) in [5, 5.41) is 3.98. The Balaban J connectivity index is 1.79. The van der Waals surface area contributed by atoms with Crippen LogP contribution in [0.25, 0.3) is 10.8 Å². The Labute approximate surface area is 160 Å². The third-order valence-electron chi connectivity index (χ3n) is 5.02. The minimum absolute atomic E-state index is 0.317. The van der Waals surface area contributed by atoms with Crippen LogP contribution < -0.4 is 16.3 Å². The molecule has 1 atom stereocenters. The minimum Gasteiger partial charge on any atom is -0.324 e. The van der Waals surface area contributed by atoms with Gasteiger partial charge in [-0.3, -0.25) is 0 Å². The molecule has 0 spiro atoms. The van der Waals surface area contributed by atoms with Crippen molar-refractivity contribution in [2.75, 3.05) is 6.16 Å². The van der Waals surface area contributed by atoms with Crippen LogP contribution >= 0.6 is 7.14 Å². The number of hydrogen-bond acceptors (Lipinski definition) is 2. The van der Waals surface area contributed by atoms with E-state index in [2.05, 4.69) is 18.2 Å². The maximum Gasteiger partial charge on any atom is 0.145 e. The Bertz CT molecular complexity index is 1040. The van der Waals surface area contributed by atoms with Gasteiger partial charge in [0, 0.05) is 22.8 Å². The van der Waals surface area contributed by atoms with Crippen LogP contribution in [0, 0.1) is 0 Å². The molecule has 27 heavy (non-hydrogen) atoms. The van der Waals surface area contributed by atoms with Crippen LogP contribution in [-0.2, 0) is 4.57 Å². The molecule has 4 aromatic rings. The summed E-state index contributed by atoms with van der Waals surface area (Å²) in [6.07, 6.45) is 0.398. The number of benzene rings is 4. The van der Waals surface area contributed by atoms with Crippen molar-refractivity contribution in [3.63, 3.8) is 0 Å². The minimum atomic E-state index is -2.85. The zero-order valence-electron chi connectivity index (χ0n) is 15.0. The van der Waals surface area contributed by atoms with Gasteiger partial charge in [-0.15, -0.1) is 0 Å². The summed E-state index contributed by atoms with van der Waals surface area (Å²) >= 11 is 0. The van der Waals surface area contributed by atoms with E-state index >= 15 is 0 Å². The predicted molar refractivity (Wildman–Crippen MR) is 116 cm³/mol. The highest BCUT2D eigenvalue weighted by molar-refractivity contribution is 7.78. The van der Waals surface area contributed by atoms with Crippen LogP contribution in [-0.4, -0.2) is 6.16 Å². The van der Waals surface area contributed by atoms with Gasteiger partial charge in [-0.2, -0.15) is 0 Å². The van der Waals surface area contributed by atoms with Crippen molar-refractivity contribution >= 4 is 28.5 Å². The van der Waals surface area contributed by atoms with Crippen LogP contribution in [0.15, 0.2) is 103 Å². The summed E-state index contributed by atoms with van der Waals surface area (Å²) in [5.74, 6) is 0. The Morgan fingerprint density at radius 2 is 1.19 bits per heavy atom. The van der Waals surface area contributed by atoms with E-state index in [1.165, 1.54) is 0 Å². The fraction of sp³-hybridized carbons (Fsp3) is 0.0833. The van der Waals surface area contributed by atoms with E-state index in [0.717, 1.165) is 26.9 Å². The normalized spacial score (nSPS) is 12.8. The molecule has 0 amide bonds. The first-order valence-electron chi connectivity index (χ1n) is 9.12. The van der Waals surface area contributed by atoms with Gasteiger partial charge in [0.05, 0.1) is 0 Å². The summed E-state index contributed by atoms with van der Waals surface area (Å²) in [6, 6.07) is 33.5. The first-order valence-corrected chi connectivity index (χ1v) is 11.0. The van der Waals surface area contributed by atoms with Gasteiger partial charge in [0.25, 0.3) is 0 Å². The van der Waals surface area contributed by atoms with Crippen LogP contribution in [0.5, 0.6) is 0 Å². The van der Waals surface area contributed by atoms with Gasteiger partial charge in [-0.05, 0) is 16.3 Å². The standard InChI is InChI=1S/C24H22NOP/c25-24(23-17-9-11-19-10-7-8-16-22(19)23)18-27(26,20-12-3-1-4-13-20)21-14-5-2-6-15-21/h1-17,24H,18,25H2. The zero-order chi connectivity index (χ0) is 18.7. The van der Waals surface area contributed by atoms with Gasteiger partial charge < -0.3 is 10.3 Å². The van der Waals surface area contributed by atoms with Gasteiger partial charge in [-0.25, -0.2) is 0 Å². The molecule has 0 aromatic heterocycles. The first kappa shape index (κ1) is 17.7. The molecule has 3 heteroatoms. The Kier molecular flexibility index (Phi) is 4.94. The van der Waals surface area contributed by atoms with Crippen molar-refractivity contribution in [2.24, 2.45) is 5.73 Å². The van der Waals surface area contributed by atoms with Gasteiger partial charge in [0.2, 0.25) is 0 Å². The molecule has 2 nitrogen and oxygen atoms in total. The summed E-state index contributed by atoms with van der Waals surface area (Å²) in [6.45, 7) is 0. The molecule has 0 saturated carbocycles. The molecule has 0 aliphatic heterocycles. The Morgan fingerprint density at radius 3 is 1.81 bits per heavy atom. The van der Waals surface area contributed by atoms with E-state index in [1.807, 2.05) is 84.9 Å². The highest BCUT2D eigenvalue weighted by Gasteiger charge is 2.30. The topological polar surface area (TPSA) is 43.1 Å². The average molecular weight is 371 g/mol. The fourth-order valence-electron chi connectivity index (χ4n) is 3.65. The summed E-state index contributed by atoms with van der Waals surface area (Å²) in [5.41, 5.74) is 7.69. The predicted octanol–water partition coefficient (Wildman–Crippen LogP) is 4.85. The number of nitrogens with two attached hydrogens (primary N) is 1. The van der Waals surface area contributed by atoms with E-state index in [9.17, 15) is 4.57 Å².